The molecule has 0 bridgehead atoms. The Hall–Kier alpha value is -1.27. The van der Waals surface area contributed by atoms with Crippen LogP contribution in [0.15, 0.2) is 11.4 Å². The highest BCUT2D eigenvalue weighted by Crippen LogP contribution is 2.13. The Morgan fingerprint density at radius 3 is 3.00 bits per heavy atom. The van der Waals surface area contributed by atoms with Crippen LogP contribution in [0.25, 0.3) is 0 Å². The summed E-state index contributed by atoms with van der Waals surface area (Å²) >= 11 is 1.45. The van der Waals surface area contributed by atoms with Crippen molar-refractivity contribution in [2.75, 3.05) is 0 Å². The molecule has 74 valence electrons. The maximum atomic E-state index is 11.6. The zero-order valence-electron chi connectivity index (χ0n) is 8.33. The van der Waals surface area contributed by atoms with Gasteiger partial charge in [0.05, 0.1) is 4.88 Å². The number of hydrogen-bond acceptors (Lipinski definition) is 2. The number of nitrogens with one attached hydrogen (secondary N) is 1. The van der Waals surface area contributed by atoms with Gasteiger partial charge in [0.15, 0.2) is 0 Å². The van der Waals surface area contributed by atoms with Gasteiger partial charge in [-0.3, -0.25) is 4.79 Å². The van der Waals surface area contributed by atoms with Gasteiger partial charge in [-0.1, -0.05) is 0 Å². The Bertz CT molecular complexity index is 362. The second kappa shape index (κ2) is 4.83. The quantitative estimate of drug-likeness (QED) is 0.756. The lowest BCUT2D eigenvalue weighted by atomic mass is 10.2. The molecule has 0 aliphatic rings. The largest absolute Gasteiger partial charge is 0.348 e. The number of terminal acetylenes is 1. The third-order valence-corrected chi connectivity index (χ3v) is 2.80. The van der Waals surface area contributed by atoms with Crippen molar-refractivity contribution in [3.05, 3.63) is 21.9 Å². The van der Waals surface area contributed by atoms with Crippen LogP contribution in [-0.4, -0.2) is 11.9 Å². The van der Waals surface area contributed by atoms with E-state index in [9.17, 15) is 4.79 Å². The van der Waals surface area contributed by atoms with Crippen LogP contribution in [0.5, 0.6) is 0 Å². The molecule has 0 spiro atoms. The van der Waals surface area contributed by atoms with E-state index >= 15 is 0 Å². The number of carbonyl (C=O) groups excluding carboxylic acids is 1. The Labute approximate surface area is 88.3 Å². The Kier molecular flexibility index (Phi) is 3.73. The van der Waals surface area contributed by atoms with Crippen LogP contribution in [0.4, 0.5) is 0 Å². The average Bonchev–Trinajstić information content (AvgIpc) is 2.52. The minimum Gasteiger partial charge on any atom is -0.348 e. The summed E-state index contributed by atoms with van der Waals surface area (Å²) in [6.07, 6.45) is 5.71. The highest BCUT2D eigenvalue weighted by atomic mass is 32.1. The van der Waals surface area contributed by atoms with Gasteiger partial charge in [0, 0.05) is 12.5 Å². The maximum Gasteiger partial charge on any atom is 0.261 e. The molecule has 1 aromatic rings. The van der Waals surface area contributed by atoms with E-state index in [1.54, 1.807) is 0 Å². The van der Waals surface area contributed by atoms with E-state index < -0.39 is 0 Å². The van der Waals surface area contributed by atoms with Gasteiger partial charge < -0.3 is 5.32 Å². The van der Waals surface area contributed by atoms with Gasteiger partial charge >= 0.3 is 0 Å². The van der Waals surface area contributed by atoms with Crippen LogP contribution >= 0.6 is 11.3 Å². The molecule has 1 N–H and O–H groups in total. The Balaban J connectivity index is 2.55. The minimum absolute atomic E-state index is 0.0362. The molecule has 1 heterocycles. The van der Waals surface area contributed by atoms with Crippen molar-refractivity contribution in [2.45, 2.75) is 26.3 Å². The number of rotatable bonds is 3. The molecule has 0 aliphatic heterocycles. The van der Waals surface area contributed by atoms with Crippen molar-refractivity contribution in [1.29, 1.82) is 0 Å². The van der Waals surface area contributed by atoms with Gasteiger partial charge in [0.1, 0.15) is 0 Å². The summed E-state index contributed by atoms with van der Waals surface area (Å²) in [5.41, 5.74) is 1.12. The minimum atomic E-state index is -0.0362. The van der Waals surface area contributed by atoms with Crippen molar-refractivity contribution in [3.8, 4) is 12.3 Å². The maximum absolute atomic E-state index is 11.6. The van der Waals surface area contributed by atoms with Crippen LogP contribution in [0.2, 0.25) is 0 Å². The summed E-state index contributed by atoms with van der Waals surface area (Å²) < 4.78 is 0. The summed E-state index contributed by atoms with van der Waals surface area (Å²) in [7, 11) is 0. The van der Waals surface area contributed by atoms with Gasteiger partial charge in [-0.05, 0) is 30.9 Å². The lowest BCUT2D eigenvalue weighted by molar-refractivity contribution is 0.0945. The summed E-state index contributed by atoms with van der Waals surface area (Å²) in [5.74, 6) is 2.48. The fourth-order valence-corrected chi connectivity index (χ4v) is 1.87. The molecule has 2 nitrogen and oxygen atoms in total. The van der Waals surface area contributed by atoms with Crippen molar-refractivity contribution in [2.24, 2.45) is 0 Å². The fraction of sp³-hybridized carbons (Fsp3) is 0.364. The second-order valence-corrected chi connectivity index (χ2v) is 4.18. The van der Waals surface area contributed by atoms with Crippen molar-refractivity contribution in [1.82, 2.24) is 5.32 Å². The zero-order chi connectivity index (χ0) is 10.6. The predicted octanol–water partition coefficient (Wildman–Crippen LogP) is 2.20. The van der Waals surface area contributed by atoms with Crippen LogP contribution in [0.1, 0.15) is 28.6 Å². The fourth-order valence-electron chi connectivity index (χ4n) is 1.07. The van der Waals surface area contributed by atoms with E-state index in [4.69, 9.17) is 6.42 Å². The molecular formula is C11H13NOS. The zero-order valence-corrected chi connectivity index (χ0v) is 9.15. The standard InChI is InChI=1S/C11H13NOS/c1-4-5-9(3)12-11(13)10-6-8(2)7-14-10/h1,6-7,9H,5H2,2-3H3,(H,12,13). The first-order chi connectivity index (χ1) is 6.63. The number of aryl methyl sites for hydroxylation is 1. The van der Waals surface area contributed by atoms with Gasteiger partial charge in [0.2, 0.25) is 0 Å². The van der Waals surface area contributed by atoms with E-state index in [1.807, 2.05) is 25.3 Å². The van der Waals surface area contributed by atoms with Crippen molar-refractivity contribution in [3.63, 3.8) is 0 Å². The van der Waals surface area contributed by atoms with E-state index in [0.29, 0.717) is 6.42 Å². The lowest BCUT2D eigenvalue weighted by Crippen LogP contribution is -2.31. The number of amides is 1. The molecule has 1 atom stereocenters. The van der Waals surface area contributed by atoms with E-state index in [2.05, 4.69) is 11.2 Å². The molecule has 14 heavy (non-hydrogen) atoms. The molecule has 1 rings (SSSR count). The van der Waals surface area contributed by atoms with E-state index in [-0.39, 0.29) is 11.9 Å². The van der Waals surface area contributed by atoms with Gasteiger partial charge in [-0.15, -0.1) is 23.7 Å². The SMILES string of the molecule is C#CCC(C)NC(=O)c1cc(C)cs1. The van der Waals surface area contributed by atoms with Crippen LogP contribution in [0, 0.1) is 19.3 Å². The summed E-state index contributed by atoms with van der Waals surface area (Å²) in [5, 5.41) is 4.80. The van der Waals surface area contributed by atoms with Gasteiger partial charge in [0.25, 0.3) is 5.91 Å². The van der Waals surface area contributed by atoms with Crippen molar-refractivity contribution >= 4 is 17.2 Å². The highest BCUT2D eigenvalue weighted by Gasteiger charge is 2.10. The molecule has 1 aromatic heterocycles. The first-order valence-electron chi connectivity index (χ1n) is 4.43. The topological polar surface area (TPSA) is 29.1 Å². The number of carbonyl (C=O) groups is 1. The molecule has 3 heteroatoms. The smallest absolute Gasteiger partial charge is 0.261 e. The molecule has 0 fully saturated rings. The Morgan fingerprint density at radius 1 is 1.79 bits per heavy atom. The summed E-state index contributed by atoms with van der Waals surface area (Å²) in [6.45, 7) is 3.87. The predicted molar refractivity (Wildman–Crippen MR) is 59.4 cm³/mol. The first-order valence-corrected chi connectivity index (χ1v) is 5.31. The second-order valence-electron chi connectivity index (χ2n) is 3.27. The van der Waals surface area contributed by atoms with Crippen LogP contribution < -0.4 is 5.32 Å². The first kappa shape index (κ1) is 10.8. The molecular weight excluding hydrogens is 194 g/mol. The van der Waals surface area contributed by atoms with Gasteiger partial charge in [-0.2, -0.15) is 0 Å². The molecule has 1 amide bonds. The summed E-state index contributed by atoms with van der Waals surface area (Å²) in [6, 6.07) is 1.91. The third-order valence-electron chi connectivity index (χ3n) is 1.76. The normalized spacial score (nSPS) is 11.8. The summed E-state index contributed by atoms with van der Waals surface area (Å²) in [4.78, 5) is 12.3. The Morgan fingerprint density at radius 2 is 2.50 bits per heavy atom. The van der Waals surface area contributed by atoms with Crippen molar-refractivity contribution < 1.29 is 4.79 Å². The highest BCUT2D eigenvalue weighted by molar-refractivity contribution is 7.12. The van der Waals surface area contributed by atoms with E-state index in [1.165, 1.54) is 11.3 Å². The van der Waals surface area contributed by atoms with Crippen LogP contribution in [0.3, 0.4) is 0 Å². The lowest BCUT2D eigenvalue weighted by Gasteiger charge is -2.09. The molecule has 0 saturated carbocycles. The molecule has 0 radical (unpaired) electrons. The number of hydrogen-bond donors (Lipinski definition) is 1. The van der Waals surface area contributed by atoms with E-state index in [0.717, 1.165) is 10.4 Å². The van der Waals surface area contributed by atoms with Gasteiger partial charge in [-0.25, -0.2) is 0 Å². The average molecular weight is 207 g/mol. The number of thiophene rings is 1. The molecule has 0 saturated heterocycles. The molecule has 0 aliphatic carbocycles. The molecule has 1 unspecified atom stereocenters. The monoisotopic (exact) mass is 207 g/mol. The third kappa shape index (κ3) is 2.90. The molecule has 0 aromatic carbocycles. The van der Waals surface area contributed by atoms with Crippen LogP contribution in [-0.2, 0) is 0 Å².